The van der Waals surface area contributed by atoms with Gasteiger partial charge in [-0.15, -0.1) is 0 Å². The van der Waals surface area contributed by atoms with Gasteiger partial charge < -0.3 is 25.1 Å². The lowest BCUT2D eigenvalue weighted by Crippen LogP contribution is -2.43. The molecule has 0 saturated carbocycles. The number of carbonyl (C=O) groups is 2. The van der Waals surface area contributed by atoms with Gasteiger partial charge in [-0.3, -0.25) is 4.90 Å². The van der Waals surface area contributed by atoms with Crippen LogP contribution in [0, 0.1) is 0 Å². The van der Waals surface area contributed by atoms with Crippen molar-refractivity contribution in [1.82, 2.24) is 9.88 Å². The number of amides is 2. The Hall–Kier alpha value is -3.62. The lowest BCUT2D eigenvalue weighted by molar-refractivity contribution is 0.0234. The standard InChI is InChI=1S/C31H38N4O4/c1-31(2,3)27-19-26(28(34-27)29(36)38-4)33-30(37)32-25-13-12-22(23-10-5-6-11-24(23)25)20-8-7-9-21(18-20)35-14-16-39-17-15-35/h5-6,10-13,18-19,21,34H,7-9,14-17H2,1-4H3,(H2,32,33,37). The van der Waals surface area contributed by atoms with E-state index in [2.05, 4.69) is 38.7 Å². The van der Waals surface area contributed by atoms with Crippen LogP contribution in [0.15, 0.2) is 48.5 Å². The number of anilines is 2. The molecular weight excluding hydrogens is 492 g/mol. The Labute approximate surface area is 229 Å². The lowest BCUT2D eigenvalue weighted by atomic mass is 9.87. The summed E-state index contributed by atoms with van der Waals surface area (Å²) in [5.41, 5.74) is 4.46. The van der Waals surface area contributed by atoms with E-state index in [4.69, 9.17) is 9.47 Å². The Balaban J connectivity index is 1.40. The third-order valence-electron chi connectivity index (χ3n) is 7.64. The Bertz CT molecular complexity index is 1400. The molecule has 1 aromatic heterocycles. The number of benzene rings is 2. The Morgan fingerprint density at radius 1 is 1.03 bits per heavy atom. The minimum atomic E-state index is -0.535. The first-order chi connectivity index (χ1) is 18.7. The van der Waals surface area contributed by atoms with Gasteiger partial charge in [0.25, 0.3) is 0 Å². The van der Waals surface area contributed by atoms with Crippen molar-refractivity contribution in [3.05, 3.63) is 65.5 Å². The fourth-order valence-corrected chi connectivity index (χ4v) is 5.51. The van der Waals surface area contributed by atoms with Gasteiger partial charge in [0.1, 0.15) is 5.69 Å². The van der Waals surface area contributed by atoms with Crippen molar-refractivity contribution in [3.63, 3.8) is 0 Å². The van der Waals surface area contributed by atoms with E-state index in [0.717, 1.165) is 55.6 Å². The number of allylic oxidation sites excluding steroid dienone is 1. The molecule has 2 aromatic carbocycles. The van der Waals surface area contributed by atoms with Crippen LogP contribution in [0.3, 0.4) is 0 Å². The van der Waals surface area contributed by atoms with Crippen LogP contribution in [0.25, 0.3) is 16.3 Å². The smallest absolute Gasteiger partial charge is 0.356 e. The minimum Gasteiger partial charge on any atom is -0.464 e. The van der Waals surface area contributed by atoms with E-state index in [1.807, 2.05) is 45.0 Å². The normalized spacial score (nSPS) is 18.5. The Kier molecular flexibility index (Phi) is 7.77. The van der Waals surface area contributed by atoms with Gasteiger partial charge in [0.05, 0.1) is 31.7 Å². The van der Waals surface area contributed by atoms with Gasteiger partial charge in [0.15, 0.2) is 0 Å². The van der Waals surface area contributed by atoms with Crippen molar-refractivity contribution in [2.75, 3.05) is 44.0 Å². The van der Waals surface area contributed by atoms with E-state index >= 15 is 0 Å². The number of hydrogen-bond acceptors (Lipinski definition) is 5. The second-order valence-electron chi connectivity index (χ2n) is 11.3. The molecule has 1 aliphatic heterocycles. The average molecular weight is 531 g/mol. The number of urea groups is 1. The molecule has 5 rings (SSSR count). The minimum absolute atomic E-state index is 0.219. The van der Waals surface area contributed by atoms with E-state index in [1.165, 1.54) is 24.7 Å². The fourth-order valence-electron chi connectivity index (χ4n) is 5.51. The zero-order chi connectivity index (χ0) is 27.6. The molecule has 1 fully saturated rings. The van der Waals surface area contributed by atoms with Crippen molar-refractivity contribution in [2.24, 2.45) is 0 Å². The summed E-state index contributed by atoms with van der Waals surface area (Å²) in [5, 5.41) is 7.92. The monoisotopic (exact) mass is 530 g/mol. The molecule has 0 spiro atoms. The number of fused-ring (bicyclic) bond motifs is 1. The van der Waals surface area contributed by atoms with Gasteiger partial charge in [0, 0.05) is 35.6 Å². The highest BCUT2D eigenvalue weighted by atomic mass is 16.5. The van der Waals surface area contributed by atoms with E-state index in [0.29, 0.717) is 17.4 Å². The predicted molar refractivity (Wildman–Crippen MR) is 155 cm³/mol. The molecule has 1 unspecified atom stereocenters. The van der Waals surface area contributed by atoms with Crippen LogP contribution in [-0.4, -0.2) is 61.3 Å². The summed E-state index contributed by atoms with van der Waals surface area (Å²) in [6, 6.07) is 14.0. The number of nitrogens with zero attached hydrogens (tertiary/aromatic N) is 1. The van der Waals surface area contributed by atoms with E-state index in [-0.39, 0.29) is 11.1 Å². The SMILES string of the molecule is COC(=O)c1[nH]c(C(C)(C)C)cc1NC(=O)Nc1ccc(C2=CC(N3CCOCC3)CCC2)c2ccccc12. The van der Waals surface area contributed by atoms with E-state index < -0.39 is 12.0 Å². The van der Waals surface area contributed by atoms with Gasteiger partial charge in [-0.1, -0.05) is 57.2 Å². The van der Waals surface area contributed by atoms with Crippen molar-refractivity contribution >= 4 is 39.7 Å². The van der Waals surface area contributed by atoms with Crippen LogP contribution in [0.5, 0.6) is 0 Å². The predicted octanol–water partition coefficient (Wildman–Crippen LogP) is 6.16. The number of ether oxygens (including phenoxy) is 2. The maximum Gasteiger partial charge on any atom is 0.356 e. The largest absolute Gasteiger partial charge is 0.464 e. The zero-order valence-electron chi connectivity index (χ0n) is 23.2. The Morgan fingerprint density at radius 2 is 1.74 bits per heavy atom. The number of nitrogens with one attached hydrogen (secondary N) is 3. The molecule has 1 saturated heterocycles. The summed E-state index contributed by atoms with van der Waals surface area (Å²) >= 11 is 0. The Morgan fingerprint density at radius 3 is 2.46 bits per heavy atom. The quantitative estimate of drug-likeness (QED) is 0.343. The highest BCUT2D eigenvalue weighted by molar-refractivity contribution is 6.10. The molecule has 1 atom stereocenters. The molecule has 2 heterocycles. The van der Waals surface area contributed by atoms with Crippen LogP contribution in [0.2, 0.25) is 0 Å². The molecule has 0 radical (unpaired) electrons. The van der Waals surface area contributed by atoms with Gasteiger partial charge in [0.2, 0.25) is 0 Å². The molecule has 8 nitrogen and oxygen atoms in total. The van der Waals surface area contributed by atoms with Crippen LogP contribution in [-0.2, 0) is 14.9 Å². The average Bonchev–Trinajstić information content (AvgIpc) is 3.37. The summed E-state index contributed by atoms with van der Waals surface area (Å²) < 4.78 is 10.5. The topological polar surface area (TPSA) is 95.7 Å². The molecule has 3 N–H and O–H groups in total. The maximum absolute atomic E-state index is 13.1. The summed E-state index contributed by atoms with van der Waals surface area (Å²) in [4.78, 5) is 31.1. The molecule has 206 valence electrons. The fraction of sp³-hybridized carbons (Fsp3) is 0.419. The summed E-state index contributed by atoms with van der Waals surface area (Å²) in [7, 11) is 1.32. The third-order valence-corrected chi connectivity index (χ3v) is 7.64. The number of carbonyl (C=O) groups excluding carboxylic acids is 2. The summed E-state index contributed by atoms with van der Waals surface area (Å²) in [5.74, 6) is -0.535. The first kappa shape index (κ1) is 27.0. The zero-order valence-corrected chi connectivity index (χ0v) is 23.2. The number of rotatable bonds is 5. The molecule has 0 bridgehead atoms. The molecule has 2 aliphatic rings. The summed E-state index contributed by atoms with van der Waals surface area (Å²) in [6.45, 7) is 9.64. The highest BCUT2D eigenvalue weighted by Gasteiger charge is 2.25. The third kappa shape index (κ3) is 5.87. The van der Waals surface area contributed by atoms with Gasteiger partial charge in [-0.25, -0.2) is 9.59 Å². The molecule has 8 heteroatoms. The molecule has 1 aliphatic carbocycles. The lowest BCUT2D eigenvalue weighted by Gasteiger charge is -2.35. The number of methoxy groups -OCH3 is 1. The molecule has 2 amide bonds. The van der Waals surface area contributed by atoms with E-state index in [1.54, 1.807) is 6.07 Å². The van der Waals surface area contributed by atoms with Crippen LogP contribution in [0.1, 0.15) is 61.8 Å². The molecule has 3 aromatic rings. The van der Waals surface area contributed by atoms with Crippen LogP contribution in [0.4, 0.5) is 16.2 Å². The second-order valence-corrected chi connectivity index (χ2v) is 11.3. The van der Waals surface area contributed by atoms with Crippen molar-refractivity contribution in [1.29, 1.82) is 0 Å². The van der Waals surface area contributed by atoms with Crippen molar-refractivity contribution in [3.8, 4) is 0 Å². The number of hydrogen-bond donors (Lipinski definition) is 3. The maximum atomic E-state index is 13.1. The first-order valence-corrected chi connectivity index (χ1v) is 13.7. The number of H-pyrrole nitrogens is 1. The highest BCUT2D eigenvalue weighted by Crippen LogP contribution is 2.36. The molecule has 39 heavy (non-hydrogen) atoms. The van der Waals surface area contributed by atoms with Crippen molar-refractivity contribution < 1.29 is 19.1 Å². The van der Waals surface area contributed by atoms with Gasteiger partial charge in [-0.05, 0) is 47.9 Å². The van der Waals surface area contributed by atoms with Gasteiger partial charge in [-0.2, -0.15) is 0 Å². The first-order valence-electron chi connectivity index (χ1n) is 13.7. The second kappa shape index (κ2) is 11.2. The number of morpholine rings is 1. The van der Waals surface area contributed by atoms with E-state index in [9.17, 15) is 9.59 Å². The van der Waals surface area contributed by atoms with Gasteiger partial charge >= 0.3 is 12.0 Å². The number of aromatic amines is 1. The number of aromatic nitrogens is 1. The summed E-state index contributed by atoms with van der Waals surface area (Å²) in [6.07, 6.45) is 5.80. The number of esters is 1. The van der Waals surface area contributed by atoms with Crippen molar-refractivity contribution in [2.45, 2.75) is 51.5 Å². The molecular formula is C31H38N4O4. The van der Waals surface area contributed by atoms with Crippen LogP contribution >= 0.6 is 0 Å². The van der Waals surface area contributed by atoms with Crippen LogP contribution < -0.4 is 10.6 Å².